The molecular weight excluding hydrogens is 647 g/mol. The highest BCUT2D eigenvalue weighted by Gasteiger charge is 2.29. The summed E-state index contributed by atoms with van der Waals surface area (Å²) < 4.78 is 4.74. The number of hydrogen-bond acceptors (Lipinski definition) is 3. The zero-order valence-electron chi connectivity index (χ0n) is 28.5. The van der Waals surface area contributed by atoms with E-state index in [2.05, 4.69) is 190 Å². The number of anilines is 3. The minimum atomic E-state index is 0.654. The van der Waals surface area contributed by atoms with Gasteiger partial charge in [0.15, 0.2) is 0 Å². The van der Waals surface area contributed by atoms with E-state index in [0.29, 0.717) is 5.95 Å². The first-order chi connectivity index (χ1) is 26.3. The standard InChI is InChI=1S/C48H29N5/c1-2-15-32(16-3-1)51-42-23-11-8-19-38(42)45-44-39(20-12-24-43(44)51)49-48(50-45)53-41-22-10-7-18-35(41)37-28-27-36-34-17-6-9-21-40(34)52(46(36)47(37)53)33-26-25-30-13-4-5-14-31(30)29-33/h1-29H. The fourth-order valence-corrected chi connectivity index (χ4v) is 8.78. The van der Waals surface area contributed by atoms with Crippen molar-refractivity contribution in [3.63, 3.8) is 0 Å². The normalized spacial score (nSPS) is 12.5. The Morgan fingerprint density at radius 2 is 1.04 bits per heavy atom. The molecule has 1 aliphatic heterocycles. The molecule has 0 amide bonds. The minimum Gasteiger partial charge on any atom is -0.309 e. The van der Waals surface area contributed by atoms with Crippen molar-refractivity contribution in [2.24, 2.45) is 0 Å². The molecular formula is C48H29N5. The van der Waals surface area contributed by atoms with Crippen molar-refractivity contribution in [2.75, 3.05) is 4.90 Å². The molecule has 5 heteroatoms. The van der Waals surface area contributed by atoms with Gasteiger partial charge in [-0.1, -0.05) is 121 Å². The Morgan fingerprint density at radius 1 is 0.396 bits per heavy atom. The minimum absolute atomic E-state index is 0.654. The molecule has 5 nitrogen and oxygen atoms in total. The summed E-state index contributed by atoms with van der Waals surface area (Å²) in [6.07, 6.45) is 0. The summed E-state index contributed by atoms with van der Waals surface area (Å²) in [7, 11) is 0. The third-order valence-corrected chi connectivity index (χ3v) is 11.0. The van der Waals surface area contributed by atoms with Crippen molar-refractivity contribution >= 4 is 82.3 Å². The highest BCUT2D eigenvalue weighted by Crippen LogP contribution is 2.50. The second kappa shape index (κ2) is 10.6. The molecule has 0 radical (unpaired) electrons. The first kappa shape index (κ1) is 28.5. The summed E-state index contributed by atoms with van der Waals surface area (Å²) in [4.78, 5) is 13.3. The van der Waals surface area contributed by atoms with Crippen LogP contribution in [-0.2, 0) is 0 Å². The van der Waals surface area contributed by atoms with Gasteiger partial charge >= 0.3 is 0 Å². The van der Waals surface area contributed by atoms with Crippen LogP contribution in [0.4, 0.5) is 17.1 Å². The Hall–Kier alpha value is -7.24. The first-order valence-corrected chi connectivity index (χ1v) is 18.0. The van der Waals surface area contributed by atoms with E-state index in [0.717, 1.165) is 67.0 Å². The van der Waals surface area contributed by atoms with Crippen molar-refractivity contribution in [2.45, 2.75) is 0 Å². The molecule has 0 saturated carbocycles. The van der Waals surface area contributed by atoms with Gasteiger partial charge in [-0.05, 0) is 65.4 Å². The zero-order chi connectivity index (χ0) is 34.6. The molecule has 11 aromatic rings. The largest absolute Gasteiger partial charge is 0.309 e. The van der Waals surface area contributed by atoms with E-state index in [1.165, 1.54) is 32.3 Å². The average molecular weight is 676 g/mol. The van der Waals surface area contributed by atoms with Crippen LogP contribution < -0.4 is 4.90 Å². The molecule has 1 aliphatic rings. The number of aromatic nitrogens is 4. The van der Waals surface area contributed by atoms with Gasteiger partial charge in [0.2, 0.25) is 5.95 Å². The highest BCUT2D eigenvalue weighted by atomic mass is 15.2. The van der Waals surface area contributed by atoms with Crippen molar-refractivity contribution in [3.8, 4) is 22.9 Å². The van der Waals surface area contributed by atoms with Crippen LogP contribution in [0.3, 0.4) is 0 Å². The lowest BCUT2D eigenvalue weighted by molar-refractivity contribution is 1.01. The fourth-order valence-electron chi connectivity index (χ4n) is 8.78. The van der Waals surface area contributed by atoms with Crippen LogP contribution in [0.5, 0.6) is 0 Å². The molecule has 246 valence electrons. The van der Waals surface area contributed by atoms with Gasteiger partial charge in [-0.15, -0.1) is 0 Å². The molecule has 8 aromatic carbocycles. The molecule has 0 unspecified atom stereocenters. The Bertz CT molecular complexity index is 3300. The zero-order valence-corrected chi connectivity index (χ0v) is 28.5. The second-order valence-corrected chi connectivity index (χ2v) is 13.8. The number of fused-ring (bicyclic) bond motifs is 10. The van der Waals surface area contributed by atoms with Gasteiger partial charge in [-0.25, -0.2) is 9.97 Å². The van der Waals surface area contributed by atoms with Gasteiger partial charge in [-0.2, -0.15) is 0 Å². The van der Waals surface area contributed by atoms with Gasteiger partial charge in [0.05, 0.1) is 50.0 Å². The topological polar surface area (TPSA) is 38.9 Å². The van der Waals surface area contributed by atoms with Crippen LogP contribution in [0.2, 0.25) is 0 Å². The van der Waals surface area contributed by atoms with Crippen molar-refractivity contribution in [1.82, 2.24) is 19.1 Å². The molecule has 0 aliphatic carbocycles. The fraction of sp³-hybridized carbons (Fsp3) is 0. The molecule has 0 N–H and O–H groups in total. The van der Waals surface area contributed by atoms with Gasteiger partial charge in [-0.3, -0.25) is 4.57 Å². The summed E-state index contributed by atoms with van der Waals surface area (Å²) >= 11 is 0. The van der Waals surface area contributed by atoms with E-state index in [-0.39, 0.29) is 0 Å². The molecule has 0 saturated heterocycles. The quantitative estimate of drug-likeness (QED) is 0.187. The lowest BCUT2D eigenvalue weighted by Crippen LogP contribution is -2.16. The molecule has 53 heavy (non-hydrogen) atoms. The average Bonchev–Trinajstić information content (AvgIpc) is 3.74. The third kappa shape index (κ3) is 3.91. The number of benzene rings is 8. The Morgan fingerprint density at radius 3 is 1.85 bits per heavy atom. The molecule has 0 atom stereocenters. The summed E-state index contributed by atoms with van der Waals surface area (Å²) in [6.45, 7) is 0. The van der Waals surface area contributed by atoms with Crippen molar-refractivity contribution in [1.29, 1.82) is 0 Å². The van der Waals surface area contributed by atoms with E-state index in [1.54, 1.807) is 0 Å². The summed E-state index contributed by atoms with van der Waals surface area (Å²) in [5, 5.41) is 8.22. The highest BCUT2D eigenvalue weighted by molar-refractivity contribution is 6.24. The smallest absolute Gasteiger partial charge is 0.235 e. The van der Waals surface area contributed by atoms with E-state index in [4.69, 9.17) is 9.97 Å². The second-order valence-electron chi connectivity index (χ2n) is 13.8. The SMILES string of the molecule is c1ccc(N2c3ccccc3-c3nc(-n4c5ccccc5c5ccc6c7ccccc7n(-c7ccc8ccccc8c7)c6c54)nc4cccc2c34)cc1. The van der Waals surface area contributed by atoms with Crippen LogP contribution in [0.25, 0.3) is 88.2 Å². The van der Waals surface area contributed by atoms with Crippen LogP contribution in [0.1, 0.15) is 0 Å². The van der Waals surface area contributed by atoms with E-state index in [1.807, 2.05) is 0 Å². The number of rotatable bonds is 3. The maximum absolute atomic E-state index is 5.56. The van der Waals surface area contributed by atoms with Crippen molar-refractivity contribution in [3.05, 3.63) is 176 Å². The predicted octanol–water partition coefficient (Wildman–Crippen LogP) is 12.4. The third-order valence-electron chi connectivity index (χ3n) is 11.0. The molecule has 0 fully saturated rings. The molecule has 3 aromatic heterocycles. The maximum Gasteiger partial charge on any atom is 0.235 e. The lowest BCUT2D eigenvalue weighted by Gasteiger charge is -2.32. The predicted molar refractivity (Wildman–Crippen MR) is 219 cm³/mol. The van der Waals surface area contributed by atoms with Crippen LogP contribution >= 0.6 is 0 Å². The van der Waals surface area contributed by atoms with E-state index >= 15 is 0 Å². The van der Waals surface area contributed by atoms with E-state index < -0.39 is 0 Å². The van der Waals surface area contributed by atoms with E-state index in [9.17, 15) is 0 Å². The molecule has 12 rings (SSSR count). The Balaban J connectivity index is 1.23. The molecule has 0 bridgehead atoms. The van der Waals surface area contributed by atoms with Crippen molar-refractivity contribution < 1.29 is 0 Å². The van der Waals surface area contributed by atoms with Crippen LogP contribution in [0.15, 0.2) is 176 Å². The Labute approximate surface area is 304 Å². The summed E-state index contributed by atoms with van der Waals surface area (Å²) in [5.74, 6) is 0.654. The van der Waals surface area contributed by atoms with Gasteiger partial charge in [0.1, 0.15) is 0 Å². The number of para-hydroxylation sites is 4. The van der Waals surface area contributed by atoms with Gasteiger partial charge < -0.3 is 9.47 Å². The van der Waals surface area contributed by atoms with Crippen LogP contribution in [0, 0.1) is 0 Å². The summed E-state index contributed by atoms with van der Waals surface area (Å²) in [6, 6.07) is 62.9. The Kier molecular flexibility index (Phi) is 5.71. The van der Waals surface area contributed by atoms with Crippen LogP contribution in [-0.4, -0.2) is 19.1 Å². The monoisotopic (exact) mass is 675 g/mol. The number of nitrogens with zero attached hydrogens (tertiary/aromatic N) is 5. The lowest BCUT2D eigenvalue weighted by atomic mass is 9.96. The molecule has 4 heterocycles. The summed E-state index contributed by atoms with van der Waals surface area (Å²) in [5.41, 5.74) is 11.8. The van der Waals surface area contributed by atoms with Gasteiger partial charge in [0, 0.05) is 38.5 Å². The number of hydrogen-bond donors (Lipinski definition) is 0. The van der Waals surface area contributed by atoms with Gasteiger partial charge in [0.25, 0.3) is 0 Å². The molecule has 0 spiro atoms. The first-order valence-electron chi connectivity index (χ1n) is 18.0. The maximum atomic E-state index is 5.56.